The van der Waals surface area contributed by atoms with Crippen molar-refractivity contribution in [3.05, 3.63) is 0 Å². The van der Waals surface area contributed by atoms with Crippen molar-refractivity contribution >= 4 is 5.71 Å². The Bertz CT molecular complexity index is 116. The molecule has 0 atom stereocenters. The molecule has 0 spiro atoms. The minimum atomic E-state index is 0.768. The summed E-state index contributed by atoms with van der Waals surface area (Å²) in [7, 11) is 2.09. The van der Waals surface area contributed by atoms with Crippen molar-refractivity contribution in [2.45, 2.75) is 25.8 Å². The molecule has 2 nitrogen and oxygen atoms in total. The van der Waals surface area contributed by atoms with Crippen LogP contribution in [0.2, 0.25) is 0 Å². The Balaban J connectivity index is 2.17. The van der Waals surface area contributed by atoms with Gasteiger partial charge in [0.05, 0.1) is 0 Å². The van der Waals surface area contributed by atoms with Gasteiger partial charge in [0.1, 0.15) is 0 Å². The predicted octanol–water partition coefficient (Wildman–Crippen LogP) is 1.12. The van der Waals surface area contributed by atoms with Crippen LogP contribution in [-0.4, -0.2) is 30.2 Å². The summed E-state index contributed by atoms with van der Waals surface area (Å²) in [5.74, 6) is 0. The van der Waals surface area contributed by atoms with Crippen LogP contribution in [-0.2, 0) is 0 Å². The van der Waals surface area contributed by atoms with Crippen molar-refractivity contribution in [1.29, 1.82) is 5.41 Å². The van der Waals surface area contributed by atoms with Crippen molar-refractivity contribution in [3.8, 4) is 0 Å². The van der Waals surface area contributed by atoms with Crippen LogP contribution >= 0.6 is 0 Å². The van der Waals surface area contributed by atoms with Gasteiger partial charge in [0.25, 0.3) is 0 Å². The fourth-order valence-corrected chi connectivity index (χ4v) is 1.02. The summed E-state index contributed by atoms with van der Waals surface area (Å²) in [6.45, 7) is 2.71. The van der Waals surface area contributed by atoms with Crippen LogP contribution in [0.3, 0.4) is 0 Å². The van der Waals surface area contributed by atoms with Crippen molar-refractivity contribution in [3.63, 3.8) is 0 Å². The van der Waals surface area contributed by atoms with Crippen molar-refractivity contribution in [2.75, 3.05) is 13.6 Å². The molecule has 0 aromatic rings. The SMILES string of the molecule is CC(=N)CN(C)C1CC1. The van der Waals surface area contributed by atoms with Gasteiger partial charge in [-0.3, -0.25) is 4.90 Å². The van der Waals surface area contributed by atoms with Crippen molar-refractivity contribution in [1.82, 2.24) is 4.90 Å². The zero-order valence-corrected chi connectivity index (χ0v) is 6.15. The zero-order valence-electron chi connectivity index (χ0n) is 6.15. The average Bonchev–Trinajstić information content (AvgIpc) is 2.40. The molecule has 0 aromatic heterocycles. The van der Waals surface area contributed by atoms with Gasteiger partial charge in [0, 0.05) is 18.3 Å². The van der Waals surface area contributed by atoms with Gasteiger partial charge in [0.15, 0.2) is 0 Å². The summed E-state index contributed by atoms with van der Waals surface area (Å²) in [4.78, 5) is 2.25. The molecular formula is C7H14N2. The third-order valence-electron chi connectivity index (χ3n) is 1.66. The standard InChI is InChI=1S/C7H14N2/c1-6(8)5-9(2)7-3-4-7/h7-8H,3-5H2,1-2H3. The summed E-state index contributed by atoms with van der Waals surface area (Å²) in [5.41, 5.74) is 0.768. The molecule has 0 radical (unpaired) electrons. The van der Waals surface area contributed by atoms with Crippen LogP contribution in [0.5, 0.6) is 0 Å². The van der Waals surface area contributed by atoms with Gasteiger partial charge in [-0.15, -0.1) is 0 Å². The van der Waals surface area contributed by atoms with E-state index in [2.05, 4.69) is 11.9 Å². The Morgan fingerprint density at radius 1 is 1.67 bits per heavy atom. The van der Waals surface area contributed by atoms with E-state index < -0.39 is 0 Å². The molecule has 1 saturated carbocycles. The van der Waals surface area contributed by atoms with Gasteiger partial charge in [-0.05, 0) is 26.8 Å². The first kappa shape index (κ1) is 6.75. The Kier molecular flexibility index (Phi) is 1.86. The highest BCUT2D eigenvalue weighted by molar-refractivity contribution is 5.80. The highest BCUT2D eigenvalue weighted by Gasteiger charge is 2.25. The number of nitrogens with zero attached hydrogens (tertiary/aromatic N) is 1. The van der Waals surface area contributed by atoms with E-state index in [0.717, 1.165) is 18.3 Å². The van der Waals surface area contributed by atoms with Crippen LogP contribution in [0.1, 0.15) is 19.8 Å². The van der Waals surface area contributed by atoms with E-state index in [1.807, 2.05) is 6.92 Å². The number of hydrogen-bond donors (Lipinski definition) is 1. The Hall–Kier alpha value is -0.370. The first-order valence-corrected chi connectivity index (χ1v) is 3.44. The fourth-order valence-electron chi connectivity index (χ4n) is 1.02. The smallest absolute Gasteiger partial charge is 0.0357 e. The fraction of sp³-hybridized carbons (Fsp3) is 0.857. The molecule has 9 heavy (non-hydrogen) atoms. The summed E-state index contributed by atoms with van der Waals surface area (Å²) < 4.78 is 0. The minimum Gasteiger partial charge on any atom is -0.309 e. The molecule has 2 heteroatoms. The number of nitrogens with one attached hydrogen (secondary N) is 1. The maximum Gasteiger partial charge on any atom is 0.0357 e. The van der Waals surface area contributed by atoms with Crippen LogP contribution in [0.15, 0.2) is 0 Å². The van der Waals surface area contributed by atoms with Gasteiger partial charge in [0.2, 0.25) is 0 Å². The van der Waals surface area contributed by atoms with Crippen LogP contribution < -0.4 is 0 Å². The highest BCUT2D eigenvalue weighted by Crippen LogP contribution is 2.24. The summed E-state index contributed by atoms with van der Waals surface area (Å²) >= 11 is 0. The normalized spacial score (nSPS) is 18.6. The molecule has 0 aromatic carbocycles. The molecule has 52 valence electrons. The largest absolute Gasteiger partial charge is 0.309 e. The molecule has 0 unspecified atom stereocenters. The van der Waals surface area contributed by atoms with Crippen LogP contribution in [0.4, 0.5) is 0 Å². The van der Waals surface area contributed by atoms with E-state index >= 15 is 0 Å². The molecule has 1 rings (SSSR count). The molecule has 1 aliphatic rings. The van der Waals surface area contributed by atoms with E-state index in [-0.39, 0.29) is 0 Å². The maximum atomic E-state index is 7.20. The van der Waals surface area contributed by atoms with E-state index in [1.165, 1.54) is 12.8 Å². The van der Waals surface area contributed by atoms with E-state index in [4.69, 9.17) is 5.41 Å². The van der Waals surface area contributed by atoms with E-state index in [9.17, 15) is 0 Å². The van der Waals surface area contributed by atoms with Crippen LogP contribution in [0, 0.1) is 5.41 Å². The predicted molar refractivity (Wildman–Crippen MR) is 39.1 cm³/mol. The monoisotopic (exact) mass is 126 g/mol. The highest BCUT2D eigenvalue weighted by atomic mass is 15.2. The van der Waals surface area contributed by atoms with Gasteiger partial charge in [-0.1, -0.05) is 0 Å². The van der Waals surface area contributed by atoms with Gasteiger partial charge in [-0.2, -0.15) is 0 Å². The minimum absolute atomic E-state index is 0.768. The second-order valence-electron chi connectivity index (χ2n) is 2.93. The molecule has 0 saturated heterocycles. The van der Waals surface area contributed by atoms with Gasteiger partial charge < -0.3 is 5.41 Å². The quantitative estimate of drug-likeness (QED) is 0.564. The molecule has 1 N–H and O–H groups in total. The zero-order chi connectivity index (χ0) is 6.85. The molecule has 0 bridgehead atoms. The Morgan fingerprint density at radius 2 is 2.22 bits per heavy atom. The lowest BCUT2D eigenvalue weighted by atomic mass is 10.4. The third-order valence-corrected chi connectivity index (χ3v) is 1.66. The summed E-state index contributed by atoms with van der Waals surface area (Å²) in [5, 5.41) is 7.20. The van der Waals surface area contributed by atoms with Crippen molar-refractivity contribution in [2.24, 2.45) is 0 Å². The van der Waals surface area contributed by atoms with E-state index in [1.54, 1.807) is 0 Å². The Labute approximate surface area is 56.4 Å². The maximum absolute atomic E-state index is 7.20. The van der Waals surface area contributed by atoms with Gasteiger partial charge in [-0.25, -0.2) is 0 Å². The molecule has 1 aliphatic carbocycles. The van der Waals surface area contributed by atoms with E-state index in [0.29, 0.717) is 0 Å². The Morgan fingerprint density at radius 3 is 2.56 bits per heavy atom. The summed E-state index contributed by atoms with van der Waals surface area (Å²) in [6, 6.07) is 0.797. The second-order valence-corrected chi connectivity index (χ2v) is 2.93. The number of rotatable bonds is 3. The average molecular weight is 126 g/mol. The van der Waals surface area contributed by atoms with Crippen molar-refractivity contribution < 1.29 is 0 Å². The third kappa shape index (κ3) is 2.14. The van der Waals surface area contributed by atoms with Gasteiger partial charge >= 0.3 is 0 Å². The first-order valence-electron chi connectivity index (χ1n) is 3.44. The van der Waals surface area contributed by atoms with Crippen LogP contribution in [0.25, 0.3) is 0 Å². The lowest BCUT2D eigenvalue weighted by molar-refractivity contribution is 0.369. The number of hydrogen-bond acceptors (Lipinski definition) is 2. The summed E-state index contributed by atoms with van der Waals surface area (Å²) in [6.07, 6.45) is 2.67. The molecule has 0 heterocycles. The molecule has 0 aliphatic heterocycles. The molecule has 1 fully saturated rings. The second kappa shape index (κ2) is 2.48. The molecule has 0 amide bonds. The topological polar surface area (TPSA) is 27.1 Å². The molecular weight excluding hydrogens is 112 g/mol. The first-order chi connectivity index (χ1) is 4.20. The lowest BCUT2D eigenvalue weighted by Gasteiger charge is -2.13. The lowest BCUT2D eigenvalue weighted by Crippen LogP contribution is -2.25.